The summed E-state index contributed by atoms with van der Waals surface area (Å²) in [5, 5.41) is 0. The molecule has 2 atom stereocenters. The summed E-state index contributed by atoms with van der Waals surface area (Å²) in [6, 6.07) is 9.03. The van der Waals surface area contributed by atoms with Crippen molar-refractivity contribution in [2.75, 3.05) is 0 Å². The van der Waals surface area contributed by atoms with Gasteiger partial charge >= 0.3 is 0 Å². The molecule has 1 aromatic carbocycles. The fraction of sp³-hybridized carbons (Fsp3) is 0.346. The van der Waals surface area contributed by atoms with E-state index in [0.29, 0.717) is 5.92 Å². The van der Waals surface area contributed by atoms with Crippen LogP contribution in [0.1, 0.15) is 63.5 Å². The molecule has 1 aliphatic rings. The monoisotopic (exact) mass is 359 g/mol. The van der Waals surface area contributed by atoms with Crippen molar-refractivity contribution in [3.05, 3.63) is 90.1 Å². The molecule has 0 amide bonds. The average Bonchev–Trinajstić information content (AvgIpc) is 2.68. The number of rotatable bonds is 9. The Labute approximate surface area is 165 Å². The Kier molecular flexibility index (Phi) is 8.26. The number of hydrogen-bond donors (Lipinski definition) is 0. The van der Waals surface area contributed by atoms with E-state index in [1.54, 1.807) is 0 Å². The third-order valence-corrected chi connectivity index (χ3v) is 5.21. The van der Waals surface area contributed by atoms with Crippen LogP contribution in [0.25, 0.3) is 5.57 Å². The highest BCUT2D eigenvalue weighted by molar-refractivity contribution is 5.92. The Balaban J connectivity index is 2.26. The van der Waals surface area contributed by atoms with Crippen LogP contribution < -0.4 is 0 Å². The molecular formula is C26H33N. The smallest absolute Gasteiger partial charge is 0.0677 e. The molecule has 0 saturated carbocycles. The first-order valence-corrected chi connectivity index (χ1v) is 10.0. The highest BCUT2D eigenvalue weighted by atomic mass is 14.8. The zero-order valence-corrected chi connectivity index (χ0v) is 17.1. The van der Waals surface area contributed by atoms with E-state index in [0.717, 1.165) is 25.7 Å². The molecule has 1 nitrogen and oxygen atoms in total. The Bertz CT molecular complexity index is 773. The van der Waals surface area contributed by atoms with Gasteiger partial charge in [-0.2, -0.15) is 0 Å². The lowest BCUT2D eigenvalue weighted by molar-refractivity contribution is 0.687. The molecule has 0 saturated heterocycles. The zero-order valence-electron chi connectivity index (χ0n) is 17.1. The molecule has 0 spiro atoms. The van der Waals surface area contributed by atoms with Crippen LogP contribution >= 0.6 is 0 Å². The molecule has 0 aromatic heterocycles. The van der Waals surface area contributed by atoms with Gasteiger partial charge in [-0.3, -0.25) is 4.99 Å². The highest BCUT2D eigenvalue weighted by Gasteiger charge is 2.23. The first-order chi connectivity index (χ1) is 13.1. The largest absolute Gasteiger partial charge is 0.285 e. The molecule has 0 bridgehead atoms. The van der Waals surface area contributed by atoms with Gasteiger partial charge in [0.15, 0.2) is 0 Å². The van der Waals surface area contributed by atoms with E-state index in [-0.39, 0.29) is 6.04 Å². The maximum atomic E-state index is 4.81. The van der Waals surface area contributed by atoms with E-state index in [9.17, 15) is 0 Å². The fourth-order valence-corrected chi connectivity index (χ4v) is 3.65. The van der Waals surface area contributed by atoms with Crippen molar-refractivity contribution in [1.29, 1.82) is 0 Å². The van der Waals surface area contributed by atoms with Crippen LogP contribution in [0.2, 0.25) is 0 Å². The van der Waals surface area contributed by atoms with E-state index in [1.807, 2.05) is 18.2 Å². The topological polar surface area (TPSA) is 12.4 Å². The summed E-state index contributed by atoms with van der Waals surface area (Å²) in [5.41, 5.74) is 6.77. The van der Waals surface area contributed by atoms with Gasteiger partial charge < -0.3 is 0 Å². The van der Waals surface area contributed by atoms with E-state index in [1.165, 1.54) is 27.8 Å². The van der Waals surface area contributed by atoms with Crippen LogP contribution in [-0.4, -0.2) is 12.3 Å². The lowest BCUT2D eigenvalue weighted by Crippen LogP contribution is -2.11. The molecule has 0 aliphatic heterocycles. The molecule has 1 aliphatic carbocycles. The standard InChI is InChI=1S/C26H33N/c1-6-12-20(4)14-11-15-22-18-23(19-27-24(8-3)13-7-2)21(5)25-16-9-10-17-26(22)25/h6,8-12,14,16-17,19,22,24H,1,3,7,13,15,18H2,2,4-5H3/b14-11-,20-12-,27-19?. The van der Waals surface area contributed by atoms with Gasteiger partial charge in [-0.1, -0.05) is 80.1 Å². The molecule has 0 fully saturated rings. The minimum absolute atomic E-state index is 0.220. The Morgan fingerprint density at radius 3 is 2.78 bits per heavy atom. The quantitative estimate of drug-likeness (QED) is 0.246. The predicted octanol–water partition coefficient (Wildman–Crippen LogP) is 7.45. The van der Waals surface area contributed by atoms with E-state index in [2.05, 4.69) is 76.6 Å². The number of nitrogens with zero attached hydrogens (tertiary/aromatic N) is 1. The third kappa shape index (κ3) is 5.79. The summed E-state index contributed by atoms with van der Waals surface area (Å²) in [6.07, 6.45) is 16.7. The lowest BCUT2D eigenvalue weighted by atomic mass is 9.78. The van der Waals surface area contributed by atoms with E-state index < -0.39 is 0 Å². The number of benzene rings is 1. The molecule has 1 aromatic rings. The molecule has 1 heteroatoms. The number of hydrogen-bond acceptors (Lipinski definition) is 1. The average molecular weight is 360 g/mol. The normalized spacial score (nSPS) is 18.8. The minimum Gasteiger partial charge on any atom is -0.285 e. The summed E-state index contributed by atoms with van der Waals surface area (Å²) in [4.78, 5) is 4.81. The van der Waals surface area contributed by atoms with E-state index >= 15 is 0 Å². The summed E-state index contributed by atoms with van der Waals surface area (Å²) in [5.74, 6) is 0.493. The summed E-state index contributed by atoms with van der Waals surface area (Å²) in [6.45, 7) is 14.2. The summed E-state index contributed by atoms with van der Waals surface area (Å²) >= 11 is 0. The van der Waals surface area contributed by atoms with Gasteiger partial charge in [0.2, 0.25) is 0 Å². The van der Waals surface area contributed by atoms with Crippen molar-refractivity contribution in [1.82, 2.24) is 0 Å². The van der Waals surface area contributed by atoms with Gasteiger partial charge in [0.25, 0.3) is 0 Å². The molecule has 2 rings (SSSR count). The van der Waals surface area contributed by atoms with Gasteiger partial charge in [-0.15, -0.1) is 6.58 Å². The summed E-state index contributed by atoms with van der Waals surface area (Å²) < 4.78 is 0. The zero-order chi connectivity index (χ0) is 19.6. The molecule has 0 heterocycles. The third-order valence-electron chi connectivity index (χ3n) is 5.21. The Morgan fingerprint density at radius 2 is 2.07 bits per heavy atom. The van der Waals surface area contributed by atoms with E-state index in [4.69, 9.17) is 4.99 Å². The van der Waals surface area contributed by atoms with Crippen LogP contribution in [-0.2, 0) is 0 Å². The van der Waals surface area contributed by atoms with Crippen molar-refractivity contribution in [3.8, 4) is 0 Å². The first-order valence-electron chi connectivity index (χ1n) is 10.0. The predicted molar refractivity (Wildman–Crippen MR) is 121 cm³/mol. The van der Waals surface area contributed by atoms with Crippen LogP contribution in [0.3, 0.4) is 0 Å². The molecule has 142 valence electrons. The number of fused-ring (bicyclic) bond motifs is 1. The second kappa shape index (κ2) is 10.7. The Morgan fingerprint density at radius 1 is 1.30 bits per heavy atom. The van der Waals surface area contributed by atoms with Crippen molar-refractivity contribution < 1.29 is 0 Å². The van der Waals surface area contributed by atoms with Crippen LogP contribution in [0, 0.1) is 0 Å². The SMILES string of the molecule is C=C/C=C(C)\C=C/CC1CC(C=NC(C=C)CCC)=C(C)c2ccccc21. The molecule has 2 unspecified atom stereocenters. The second-order valence-corrected chi connectivity index (χ2v) is 7.29. The lowest BCUT2D eigenvalue weighted by Gasteiger charge is -2.27. The van der Waals surface area contributed by atoms with Crippen LogP contribution in [0.5, 0.6) is 0 Å². The maximum absolute atomic E-state index is 4.81. The highest BCUT2D eigenvalue weighted by Crippen LogP contribution is 2.39. The maximum Gasteiger partial charge on any atom is 0.0677 e. The van der Waals surface area contributed by atoms with Gasteiger partial charge in [0.05, 0.1) is 6.04 Å². The first kappa shape index (κ1) is 20.9. The number of aliphatic imine (C=N–C) groups is 1. The second-order valence-electron chi connectivity index (χ2n) is 7.29. The van der Waals surface area contributed by atoms with Crippen molar-refractivity contribution >= 4 is 11.8 Å². The molecule has 0 radical (unpaired) electrons. The van der Waals surface area contributed by atoms with Crippen molar-refractivity contribution in [2.45, 2.75) is 58.4 Å². The number of allylic oxidation sites excluding steroid dienone is 7. The van der Waals surface area contributed by atoms with Crippen LogP contribution in [0.4, 0.5) is 0 Å². The van der Waals surface area contributed by atoms with Gasteiger partial charge in [0, 0.05) is 6.21 Å². The fourth-order valence-electron chi connectivity index (χ4n) is 3.65. The molecule has 27 heavy (non-hydrogen) atoms. The van der Waals surface area contributed by atoms with Gasteiger partial charge in [-0.05, 0) is 61.3 Å². The molecule has 0 N–H and O–H groups in total. The van der Waals surface area contributed by atoms with Crippen LogP contribution in [0.15, 0.2) is 83.9 Å². The van der Waals surface area contributed by atoms with Gasteiger partial charge in [-0.25, -0.2) is 0 Å². The summed E-state index contributed by atoms with van der Waals surface area (Å²) in [7, 11) is 0. The van der Waals surface area contributed by atoms with Gasteiger partial charge in [0.1, 0.15) is 0 Å². The van der Waals surface area contributed by atoms with Crippen molar-refractivity contribution in [3.63, 3.8) is 0 Å². The van der Waals surface area contributed by atoms with Crippen molar-refractivity contribution in [2.24, 2.45) is 4.99 Å². The Hall–Kier alpha value is -2.41. The molecular weight excluding hydrogens is 326 g/mol. The minimum atomic E-state index is 0.220.